The molecule has 1 aromatic carbocycles. The van der Waals surface area contributed by atoms with E-state index in [1.54, 1.807) is 24.3 Å². The number of benzene rings is 1. The molecular weight excluding hydrogens is 254 g/mol. The van der Waals surface area contributed by atoms with Gasteiger partial charge in [-0.05, 0) is 24.1 Å². The molecule has 1 aromatic heterocycles. The molecule has 0 atom stereocenters. The Morgan fingerprint density at radius 2 is 2.05 bits per heavy atom. The first-order valence-electron chi connectivity index (χ1n) is 6.62. The van der Waals surface area contributed by atoms with E-state index in [0.717, 1.165) is 12.0 Å². The molecule has 0 spiro atoms. The van der Waals surface area contributed by atoms with Gasteiger partial charge in [0.25, 0.3) is 5.91 Å². The van der Waals surface area contributed by atoms with E-state index >= 15 is 0 Å². The second kappa shape index (κ2) is 6.75. The lowest BCUT2D eigenvalue weighted by molar-refractivity contribution is -0.132. The summed E-state index contributed by atoms with van der Waals surface area (Å²) in [6.45, 7) is 2.66. The first kappa shape index (κ1) is 14.1. The average Bonchev–Trinajstić information content (AvgIpc) is 2.98. The van der Waals surface area contributed by atoms with Crippen molar-refractivity contribution < 1.29 is 9.53 Å². The summed E-state index contributed by atoms with van der Waals surface area (Å²) in [5.41, 5.74) is 2.22. The summed E-state index contributed by atoms with van der Waals surface area (Å²) in [6.07, 6.45) is 4.47. The molecular formula is C15H19N3O2. The second-order valence-electron chi connectivity index (χ2n) is 4.64. The number of aromatic amines is 1. The van der Waals surface area contributed by atoms with Gasteiger partial charge in [-0.15, -0.1) is 0 Å². The van der Waals surface area contributed by atoms with Crippen LogP contribution in [0.25, 0.3) is 0 Å². The summed E-state index contributed by atoms with van der Waals surface area (Å²) in [5.74, 6) is 0.651. The van der Waals surface area contributed by atoms with E-state index in [9.17, 15) is 4.79 Å². The maximum absolute atomic E-state index is 11.9. The normalized spacial score (nSPS) is 10.3. The van der Waals surface area contributed by atoms with Crippen LogP contribution in [-0.4, -0.2) is 34.7 Å². The fourth-order valence-electron chi connectivity index (χ4n) is 1.80. The number of carbonyl (C=O) groups excluding carboxylic acids is 1. The van der Waals surface area contributed by atoms with Gasteiger partial charge >= 0.3 is 0 Å². The van der Waals surface area contributed by atoms with Gasteiger partial charge in [-0.25, -0.2) is 0 Å². The van der Waals surface area contributed by atoms with Gasteiger partial charge in [-0.2, -0.15) is 5.10 Å². The van der Waals surface area contributed by atoms with Gasteiger partial charge in [0.1, 0.15) is 5.75 Å². The molecule has 0 radical (unpaired) electrons. The number of ether oxygens (including phenoxy) is 1. The molecule has 2 aromatic rings. The highest BCUT2D eigenvalue weighted by molar-refractivity contribution is 5.77. The molecule has 0 aliphatic rings. The van der Waals surface area contributed by atoms with Crippen LogP contribution >= 0.6 is 0 Å². The van der Waals surface area contributed by atoms with Crippen molar-refractivity contribution in [1.82, 2.24) is 15.1 Å². The van der Waals surface area contributed by atoms with Crippen LogP contribution in [0.5, 0.6) is 5.75 Å². The lowest BCUT2D eigenvalue weighted by atomic mass is 10.2. The van der Waals surface area contributed by atoms with Crippen LogP contribution < -0.4 is 4.74 Å². The molecule has 0 saturated heterocycles. The summed E-state index contributed by atoms with van der Waals surface area (Å²) < 4.78 is 5.49. The maximum atomic E-state index is 11.9. The number of likely N-dealkylation sites (N-methyl/N-ethyl adjacent to an activating group) is 1. The summed E-state index contributed by atoms with van der Waals surface area (Å²) in [7, 11) is 1.75. The van der Waals surface area contributed by atoms with Crippen LogP contribution in [0.4, 0.5) is 0 Å². The molecule has 20 heavy (non-hydrogen) atoms. The Bertz CT molecular complexity index is 535. The Balaban J connectivity index is 1.81. The van der Waals surface area contributed by atoms with Gasteiger partial charge in [0.05, 0.1) is 6.20 Å². The quantitative estimate of drug-likeness (QED) is 0.876. The predicted molar refractivity (Wildman–Crippen MR) is 76.4 cm³/mol. The third-order valence-corrected chi connectivity index (χ3v) is 3.09. The highest BCUT2D eigenvalue weighted by Gasteiger charge is 2.10. The molecule has 0 unspecified atom stereocenters. The zero-order valence-electron chi connectivity index (χ0n) is 11.8. The Kier molecular flexibility index (Phi) is 4.76. The van der Waals surface area contributed by atoms with Crippen LogP contribution in [0, 0.1) is 0 Å². The van der Waals surface area contributed by atoms with Crippen LogP contribution in [-0.2, 0) is 17.8 Å². The molecule has 0 aliphatic carbocycles. The minimum atomic E-state index is -0.0641. The van der Waals surface area contributed by atoms with Crippen molar-refractivity contribution in [3.63, 3.8) is 0 Å². The van der Waals surface area contributed by atoms with Gasteiger partial charge in [-0.1, -0.05) is 19.1 Å². The molecule has 1 amide bonds. The number of carbonyl (C=O) groups is 1. The first-order valence-corrected chi connectivity index (χ1v) is 6.62. The van der Waals surface area contributed by atoms with Crippen LogP contribution in [0.3, 0.4) is 0 Å². The summed E-state index contributed by atoms with van der Waals surface area (Å²) in [6, 6.07) is 7.80. The highest BCUT2D eigenvalue weighted by atomic mass is 16.5. The maximum Gasteiger partial charge on any atom is 0.260 e. The fourth-order valence-corrected chi connectivity index (χ4v) is 1.80. The number of H-pyrrole nitrogens is 1. The number of aromatic nitrogens is 2. The largest absolute Gasteiger partial charge is 0.484 e. The molecule has 106 valence electrons. The zero-order chi connectivity index (χ0) is 14.4. The molecule has 2 rings (SSSR count). The number of nitrogens with one attached hydrogen (secondary N) is 1. The summed E-state index contributed by atoms with van der Waals surface area (Å²) in [4.78, 5) is 13.6. The highest BCUT2D eigenvalue weighted by Crippen LogP contribution is 2.12. The molecule has 1 heterocycles. The van der Waals surface area contributed by atoms with E-state index in [2.05, 4.69) is 17.1 Å². The number of rotatable bonds is 6. The minimum absolute atomic E-state index is 0.0415. The van der Waals surface area contributed by atoms with Crippen LogP contribution in [0.1, 0.15) is 18.1 Å². The number of aryl methyl sites for hydroxylation is 1. The van der Waals surface area contributed by atoms with Crippen molar-refractivity contribution in [1.29, 1.82) is 0 Å². The van der Waals surface area contributed by atoms with Crippen molar-refractivity contribution >= 4 is 5.91 Å². The van der Waals surface area contributed by atoms with Crippen LogP contribution in [0.15, 0.2) is 36.7 Å². The van der Waals surface area contributed by atoms with Crippen molar-refractivity contribution in [3.8, 4) is 5.75 Å². The number of hydrogen-bond acceptors (Lipinski definition) is 3. The van der Waals surface area contributed by atoms with Gasteiger partial charge in [0.15, 0.2) is 6.61 Å². The molecule has 5 heteroatoms. The van der Waals surface area contributed by atoms with Crippen LogP contribution in [0.2, 0.25) is 0 Å². The predicted octanol–water partition coefficient (Wildman–Crippen LogP) is 2.01. The van der Waals surface area contributed by atoms with E-state index in [0.29, 0.717) is 12.3 Å². The van der Waals surface area contributed by atoms with Crippen molar-refractivity contribution in [3.05, 3.63) is 47.8 Å². The second-order valence-corrected chi connectivity index (χ2v) is 4.64. The molecule has 0 saturated carbocycles. The van der Waals surface area contributed by atoms with E-state index in [4.69, 9.17) is 4.74 Å². The molecule has 0 aliphatic heterocycles. The average molecular weight is 273 g/mol. The van der Waals surface area contributed by atoms with E-state index in [1.165, 1.54) is 5.56 Å². The van der Waals surface area contributed by atoms with E-state index in [1.807, 2.05) is 24.3 Å². The van der Waals surface area contributed by atoms with E-state index in [-0.39, 0.29) is 12.5 Å². The Labute approximate surface area is 118 Å². The topological polar surface area (TPSA) is 58.2 Å². The van der Waals surface area contributed by atoms with Crippen molar-refractivity contribution in [2.24, 2.45) is 0 Å². The number of nitrogens with zero attached hydrogens (tertiary/aromatic N) is 2. The van der Waals surface area contributed by atoms with Gasteiger partial charge in [0, 0.05) is 25.4 Å². The third-order valence-electron chi connectivity index (χ3n) is 3.09. The molecule has 0 bridgehead atoms. The van der Waals surface area contributed by atoms with Crippen molar-refractivity contribution in [2.45, 2.75) is 19.9 Å². The van der Waals surface area contributed by atoms with Gasteiger partial charge in [0.2, 0.25) is 0 Å². The first-order chi connectivity index (χ1) is 9.69. The van der Waals surface area contributed by atoms with Crippen molar-refractivity contribution in [2.75, 3.05) is 13.7 Å². The number of amides is 1. The monoisotopic (exact) mass is 273 g/mol. The van der Waals surface area contributed by atoms with Gasteiger partial charge in [-0.3, -0.25) is 9.89 Å². The third kappa shape index (κ3) is 3.85. The van der Waals surface area contributed by atoms with E-state index < -0.39 is 0 Å². The lowest BCUT2D eigenvalue weighted by Gasteiger charge is -2.16. The molecule has 0 fully saturated rings. The fraction of sp³-hybridized carbons (Fsp3) is 0.333. The smallest absolute Gasteiger partial charge is 0.260 e. The summed E-state index contributed by atoms with van der Waals surface area (Å²) in [5, 5.41) is 6.57. The Hall–Kier alpha value is -2.30. The Morgan fingerprint density at radius 1 is 1.30 bits per heavy atom. The molecule has 1 N–H and O–H groups in total. The standard InChI is InChI=1S/C15H19N3O2/c1-3-12-4-6-14(7-5-12)20-11-15(19)18(2)10-13-8-16-17-9-13/h4-9H,3,10-11H2,1-2H3,(H,16,17). The van der Waals surface area contributed by atoms with Gasteiger partial charge < -0.3 is 9.64 Å². The SMILES string of the molecule is CCc1ccc(OCC(=O)N(C)Cc2cn[nH]c2)cc1. The molecule has 5 nitrogen and oxygen atoms in total. The Morgan fingerprint density at radius 3 is 2.65 bits per heavy atom. The zero-order valence-corrected chi connectivity index (χ0v) is 11.8. The minimum Gasteiger partial charge on any atom is -0.484 e. The summed E-state index contributed by atoms with van der Waals surface area (Å²) >= 11 is 0. The lowest BCUT2D eigenvalue weighted by Crippen LogP contribution is -2.30. The number of hydrogen-bond donors (Lipinski definition) is 1.